The van der Waals surface area contributed by atoms with Crippen molar-refractivity contribution >= 4 is 52.4 Å². The van der Waals surface area contributed by atoms with E-state index in [1.807, 2.05) is 56.0 Å². The first kappa shape index (κ1) is 57.1. The monoisotopic (exact) mass is 1130 g/mol. The Kier molecular flexibility index (Phi) is 16.8. The lowest BCUT2D eigenvalue weighted by molar-refractivity contribution is -0.140. The second kappa shape index (κ2) is 24.1. The molecule has 430 valence electrons. The Morgan fingerprint density at radius 1 is 1.04 bits per heavy atom. The van der Waals surface area contributed by atoms with Crippen LogP contribution in [0.5, 0.6) is 11.8 Å². The van der Waals surface area contributed by atoms with Gasteiger partial charge in [-0.2, -0.15) is 38.4 Å². The zero-order valence-electron chi connectivity index (χ0n) is 45.8. The minimum absolute atomic E-state index is 0.0180. The molecule has 0 radical (unpaired) electrons. The van der Waals surface area contributed by atoms with Crippen molar-refractivity contribution in [3.05, 3.63) is 118 Å². The van der Waals surface area contributed by atoms with Gasteiger partial charge in [-0.25, -0.2) is 4.39 Å². The molecule has 6 aromatic rings. The molecule has 2 amide bonds. The normalized spacial score (nSPS) is 19.3. The first-order chi connectivity index (χ1) is 39.5. The van der Waals surface area contributed by atoms with Crippen LogP contribution in [0.15, 0.2) is 83.0 Å². The number of hydrogen-bond acceptors (Lipinski definition) is 17. The Bertz CT molecular complexity index is 3430. The van der Waals surface area contributed by atoms with Crippen LogP contribution in [0.4, 0.5) is 29.1 Å². The van der Waals surface area contributed by atoms with Crippen molar-refractivity contribution < 1.29 is 46.5 Å². The lowest BCUT2D eigenvalue weighted by Gasteiger charge is -2.31. The van der Waals surface area contributed by atoms with Crippen LogP contribution in [0.1, 0.15) is 91.1 Å². The number of likely N-dealkylation sites (tertiary alicyclic amines) is 1. The number of ether oxygens (including phenoxy) is 3. The highest BCUT2D eigenvalue weighted by atomic mass is 19.4. The number of fused-ring (bicyclic) bond motifs is 3. The van der Waals surface area contributed by atoms with Crippen LogP contribution in [-0.2, 0) is 27.1 Å². The molecule has 6 heterocycles. The average Bonchev–Trinajstić information content (AvgIpc) is 2.76. The van der Waals surface area contributed by atoms with E-state index in [1.165, 1.54) is 18.0 Å². The van der Waals surface area contributed by atoms with E-state index in [9.17, 15) is 14.7 Å². The number of aliphatic hydroxyl groups is 1. The summed E-state index contributed by atoms with van der Waals surface area (Å²) in [7, 11) is 0. The molecule has 4 aliphatic heterocycles. The van der Waals surface area contributed by atoms with E-state index < -0.39 is 47.2 Å². The highest BCUT2D eigenvalue weighted by Crippen LogP contribution is 2.51. The topological polar surface area (TPSA) is 265 Å². The van der Waals surface area contributed by atoms with E-state index >= 15 is 17.6 Å². The lowest BCUT2D eigenvalue weighted by Crippen LogP contribution is -2.50. The molecule has 0 unspecified atom stereocenters. The number of aliphatic hydroxyl groups excluding tert-OH is 1. The number of hydrogen-bond donors (Lipinski definition) is 6. The Morgan fingerprint density at radius 3 is 2.44 bits per heavy atom. The van der Waals surface area contributed by atoms with Crippen LogP contribution < -0.4 is 36.6 Å². The highest BCUT2D eigenvalue weighted by Gasteiger charge is 2.43. The molecule has 8 N–H and O–H groups in total. The number of benzene rings is 4. The molecule has 19 nitrogen and oxygen atoms in total. The number of nitrogen functional groups attached to an aromatic ring is 1. The lowest BCUT2D eigenvalue weighted by atomic mass is 9.88. The number of aliphatic imine (C=N–C) groups is 1. The molecule has 10 rings (SSSR count). The van der Waals surface area contributed by atoms with Gasteiger partial charge in [-0.05, 0) is 79.5 Å². The number of aryl methyl sites for hydroxylation is 1. The van der Waals surface area contributed by atoms with Gasteiger partial charge in [-0.1, -0.05) is 62.4 Å². The van der Waals surface area contributed by atoms with Crippen LogP contribution in [0.3, 0.4) is 0 Å². The molecule has 0 spiro atoms. The van der Waals surface area contributed by atoms with Crippen LogP contribution in [0, 0.1) is 31.0 Å². The van der Waals surface area contributed by atoms with Gasteiger partial charge in [0.25, 0.3) is 0 Å². The van der Waals surface area contributed by atoms with Gasteiger partial charge in [0.1, 0.15) is 47.7 Å². The molecule has 4 aromatic carbocycles. The summed E-state index contributed by atoms with van der Waals surface area (Å²) in [5.74, 6) is 3.87. The third-order valence-corrected chi connectivity index (χ3v) is 15.9. The molecule has 0 aliphatic carbocycles. The number of carbonyl (C=O) groups is 2. The minimum Gasteiger partial charge on any atom is -0.486 e. The van der Waals surface area contributed by atoms with Crippen molar-refractivity contribution in [2.75, 3.05) is 50.1 Å². The zero-order valence-corrected chi connectivity index (χ0v) is 45.8. The number of halogens is 4. The molecular weight excluding hydrogens is 1060 g/mol. The second-order valence-corrected chi connectivity index (χ2v) is 21.5. The van der Waals surface area contributed by atoms with Gasteiger partial charge >= 0.3 is 12.2 Å². The number of amides is 2. The van der Waals surface area contributed by atoms with Crippen LogP contribution >= 0.6 is 0 Å². The van der Waals surface area contributed by atoms with Crippen molar-refractivity contribution in [2.24, 2.45) is 21.9 Å². The number of carbonyl (C=O) groups excluding carboxylic acids is 2. The van der Waals surface area contributed by atoms with E-state index in [0.717, 1.165) is 41.6 Å². The third kappa shape index (κ3) is 11.7. The molecule has 5 atom stereocenters. The Morgan fingerprint density at radius 2 is 1.79 bits per heavy atom. The van der Waals surface area contributed by atoms with Crippen molar-refractivity contribution in [3.8, 4) is 34.0 Å². The summed E-state index contributed by atoms with van der Waals surface area (Å²) in [5.41, 5.74) is 8.08. The molecular formula is C59H65F4N13O6. The van der Waals surface area contributed by atoms with Crippen molar-refractivity contribution in [2.45, 2.75) is 109 Å². The van der Waals surface area contributed by atoms with Crippen LogP contribution in [-0.4, -0.2) is 130 Å². The van der Waals surface area contributed by atoms with Gasteiger partial charge in [0, 0.05) is 89.7 Å². The standard InChI is InChI=1S/C59H65F4N13O6/c1-31(2)52(57(79)75-19-5-6-49(75)56(78)70-48(29-77)37-13-11-35(12-14-37)41-15-18-69-74-33(41)4)68-27-47(73-66)36-9-7-34(8-10-36)30-81-54-51(50-32(3)45(60)24-46(65)43(50)25-64)44(59(61,62)63)23-42-53(54)71-58(82-40-16-20-80-21-17-40)72-55(42)76-28-38-22-39(76)26-67-38/h7-15,18,23-25,27,31,38-40,48-49,52,64,67,77H,5-6,16-17,19-22,26,28-30,65-66H2,1-4H3,(H,70,78)/b64-25?,68-27?,73-47+/t38-,39-,48-,49-,52-/m0/s1. The predicted octanol–water partition coefficient (Wildman–Crippen LogP) is 7.39. The van der Waals surface area contributed by atoms with Gasteiger partial charge in [-0.3, -0.25) is 14.6 Å². The van der Waals surface area contributed by atoms with E-state index in [2.05, 4.69) is 30.9 Å². The molecule has 4 aliphatic rings. The number of rotatable bonds is 18. The smallest absolute Gasteiger partial charge is 0.417 e. The summed E-state index contributed by atoms with van der Waals surface area (Å²) in [6, 6.07) is 15.4. The molecule has 2 aromatic heterocycles. The number of piperazine rings is 1. The quantitative estimate of drug-likeness (QED) is 0.0161. The predicted molar refractivity (Wildman–Crippen MR) is 303 cm³/mol. The summed E-state index contributed by atoms with van der Waals surface area (Å²) in [4.78, 5) is 46.0. The number of anilines is 2. The molecule has 2 bridgehead atoms. The van der Waals surface area contributed by atoms with Crippen LogP contribution in [0.25, 0.3) is 33.2 Å². The fourth-order valence-electron chi connectivity index (χ4n) is 11.5. The summed E-state index contributed by atoms with van der Waals surface area (Å²) in [5, 5.41) is 37.2. The third-order valence-electron chi connectivity index (χ3n) is 15.9. The molecule has 4 fully saturated rings. The first-order valence-corrected chi connectivity index (χ1v) is 27.4. The molecule has 82 heavy (non-hydrogen) atoms. The van der Waals surface area contributed by atoms with E-state index in [0.29, 0.717) is 75.2 Å². The summed E-state index contributed by atoms with van der Waals surface area (Å²) in [6.07, 6.45) is 1.23. The average molecular weight is 1130 g/mol. The number of nitrogens with zero attached hydrogens (tertiary/aromatic N) is 8. The van der Waals surface area contributed by atoms with Crippen molar-refractivity contribution in [1.29, 1.82) is 5.41 Å². The molecule has 4 saturated heterocycles. The number of nitrogens with two attached hydrogens (primary N) is 2. The zero-order chi connectivity index (χ0) is 58.0. The Labute approximate surface area is 471 Å². The maximum Gasteiger partial charge on any atom is 0.417 e. The van der Waals surface area contributed by atoms with E-state index in [1.54, 1.807) is 30.5 Å². The van der Waals surface area contributed by atoms with Gasteiger partial charge in [0.15, 0.2) is 5.75 Å². The number of aromatic nitrogens is 4. The van der Waals surface area contributed by atoms with Gasteiger partial charge in [-0.15, -0.1) is 0 Å². The SMILES string of the molecule is Cc1nnccc1-c1ccc([C@H](CO)NC(=O)[C@@H]2CCCN2C(=O)[C@@H](N=C/C(=N\N)c2ccc(COc3c(-c4c(C)c(F)cc(N)c4C=N)c(C(F)(F)F)cc4c(N5C[C@@H]6C[C@H]5CN6)nc(OC5CCOCC5)nc34)cc2)C(C)C)cc1. The largest absolute Gasteiger partial charge is 0.486 e. The van der Waals surface area contributed by atoms with Crippen molar-refractivity contribution in [3.63, 3.8) is 0 Å². The molecule has 23 heteroatoms. The minimum atomic E-state index is -5.04. The van der Waals surface area contributed by atoms with Gasteiger partial charge in [0.05, 0.1) is 49.5 Å². The van der Waals surface area contributed by atoms with Crippen LogP contribution in [0.2, 0.25) is 0 Å². The van der Waals surface area contributed by atoms with E-state index in [4.69, 9.17) is 41.2 Å². The van der Waals surface area contributed by atoms with E-state index in [-0.39, 0.29) is 99.8 Å². The van der Waals surface area contributed by atoms with Gasteiger partial charge in [0.2, 0.25) is 11.8 Å². The number of hydrazone groups is 1. The summed E-state index contributed by atoms with van der Waals surface area (Å²) < 4.78 is 81.9. The Balaban J connectivity index is 0.925. The maximum atomic E-state index is 15.8. The fourth-order valence-corrected chi connectivity index (χ4v) is 11.5. The maximum absolute atomic E-state index is 15.8. The highest BCUT2D eigenvalue weighted by molar-refractivity contribution is 6.38. The summed E-state index contributed by atoms with van der Waals surface area (Å²) >= 11 is 0. The number of nitrogens with one attached hydrogen (secondary N) is 3. The van der Waals surface area contributed by atoms with Gasteiger partial charge < -0.3 is 56.7 Å². The Hall–Kier alpha value is -8.15. The summed E-state index contributed by atoms with van der Waals surface area (Å²) in [6.45, 7) is 8.43. The molecule has 0 saturated carbocycles. The second-order valence-electron chi connectivity index (χ2n) is 21.5. The fraction of sp³-hybridized carbons (Fsp3) is 0.407. The number of alkyl halides is 3. The van der Waals surface area contributed by atoms with Crippen molar-refractivity contribution in [1.82, 2.24) is 35.7 Å². The first-order valence-electron chi connectivity index (χ1n) is 27.4.